The predicted octanol–water partition coefficient (Wildman–Crippen LogP) is -6.56. The van der Waals surface area contributed by atoms with Gasteiger partial charge in [0.15, 0.2) is 0 Å². The lowest BCUT2D eigenvalue weighted by molar-refractivity contribution is -0.322. The Hall–Kier alpha value is -0.520. The van der Waals surface area contributed by atoms with Gasteiger partial charge in [-0.05, 0) is 0 Å². The van der Waals surface area contributed by atoms with Gasteiger partial charge in [-0.3, -0.25) is 0 Å². The summed E-state index contributed by atoms with van der Waals surface area (Å²) in [6.45, 7) is -0.116. The summed E-state index contributed by atoms with van der Waals surface area (Å²) >= 11 is 0. The van der Waals surface area contributed by atoms with Gasteiger partial charge in [-0.2, -0.15) is 0 Å². The van der Waals surface area contributed by atoms with Crippen LogP contribution in [0.15, 0.2) is 0 Å². The van der Waals surface area contributed by atoms with E-state index in [1.807, 2.05) is 0 Å². The van der Waals surface area contributed by atoms with Crippen LogP contribution in [-0.4, -0.2) is 146 Å². The highest BCUT2D eigenvalue weighted by Gasteiger charge is 2.52. The van der Waals surface area contributed by atoms with Gasteiger partial charge < -0.3 is 61.4 Å². The zero-order chi connectivity index (χ0) is 21.7. The van der Waals surface area contributed by atoms with Crippen molar-refractivity contribution in [2.45, 2.75) is 61.3 Å². The normalized spacial score (nSPS) is 43.7. The van der Waals surface area contributed by atoms with Crippen molar-refractivity contribution in [1.82, 2.24) is 10.2 Å². The van der Waals surface area contributed by atoms with Crippen LogP contribution in [0.25, 0.3) is 0 Å². The first-order valence-corrected chi connectivity index (χ1v) is 9.56. The molecular weight excluding hydrogens is 394 g/mol. The Morgan fingerprint density at radius 3 is 1.52 bits per heavy atom. The zero-order valence-corrected chi connectivity index (χ0v) is 15.9. The fourth-order valence-corrected chi connectivity index (χ4v) is 3.55. The van der Waals surface area contributed by atoms with E-state index in [9.17, 15) is 40.9 Å². The summed E-state index contributed by atoms with van der Waals surface area (Å²) in [5, 5.41) is 82.9. The van der Waals surface area contributed by atoms with Crippen molar-refractivity contribution >= 4 is 0 Å². The third-order valence-corrected chi connectivity index (χ3v) is 5.26. The van der Waals surface area contributed by atoms with E-state index in [0.717, 1.165) is 0 Å². The Balaban J connectivity index is 2.27. The molecule has 0 spiro atoms. The summed E-state index contributed by atoms with van der Waals surface area (Å²) < 4.78 is 11.1. The second-order valence-electron chi connectivity index (χ2n) is 7.22. The fourth-order valence-electron chi connectivity index (χ4n) is 3.55. The third kappa shape index (κ3) is 5.40. The molecule has 2 unspecified atom stereocenters. The monoisotopic (exact) mass is 427 g/mol. The van der Waals surface area contributed by atoms with E-state index in [4.69, 9.17) is 15.2 Å². The van der Waals surface area contributed by atoms with Crippen LogP contribution in [0, 0.1) is 0 Å². The van der Waals surface area contributed by atoms with Crippen LogP contribution in [0.2, 0.25) is 0 Å². The molecule has 0 bridgehead atoms. The quantitative estimate of drug-likeness (QED) is 0.155. The van der Waals surface area contributed by atoms with Crippen molar-refractivity contribution in [2.75, 3.05) is 39.4 Å². The minimum Gasteiger partial charge on any atom is -0.394 e. The van der Waals surface area contributed by atoms with Gasteiger partial charge in [-0.25, -0.2) is 4.90 Å². The molecule has 11 N–H and O–H groups in total. The van der Waals surface area contributed by atoms with E-state index in [-0.39, 0.29) is 13.1 Å². The molecule has 0 aromatic rings. The molecule has 0 saturated carbocycles. The molecule has 2 rings (SSSR count). The van der Waals surface area contributed by atoms with E-state index >= 15 is 0 Å². The maximum atomic E-state index is 10.5. The molecule has 2 saturated heterocycles. The van der Waals surface area contributed by atoms with Crippen molar-refractivity contribution in [2.24, 2.45) is 5.73 Å². The standard InChI is InChI=1S/C16H33N3O10/c17-1-2-18-3-4-19(15-13(26)11(24)9(22)7(5-20)28-15)16-14(27)12(25)10(23)8(6-21)29-16/h7-16,18,20-27H,1-6,17H2/t7-,8-,9+,10+,11+,12+,13-,14-,15?,16?/m1/s1. The number of rotatable bonds is 9. The smallest absolute Gasteiger partial charge is 0.142 e. The Kier molecular flexibility index (Phi) is 9.56. The van der Waals surface area contributed by atoms with Crippen molar-refractivity contribution in [3.63, 3.8) is 0 Å². The SMILES string of the molecule is NCCNCCN(C1O[C@H](CO)[C@H](O)[C@H](O)[C@H]1O)C1O[C@H](CO)[C@H](O)[C@H](O)[C@H]1O. The summed E-state index contributed by atoms with van der Waals surface area (Å²) in [4.78, 5) is 1.29. The molecule has 13 nitrogen and oxygen atoms in total. The van der Waals surface area contributed by atoms with Gasteiger partial charge in [0.25, 0.3) is 0 Å². The van der Waals surface area contributed by atoms with Gasteiger partial charge >= 0.3 is 0 Å². The minimum atomic E-state index is -1.66. The summed E-state index contributed by atoms with van der Waals surface area (Å²) in [5.41, 5.74) is 5.43. The zero-order valence-electron chi connectivity index (χ0n) is 15.9. The van der Waals surface area contributed by atoms with Gasteiger partial charge in [0, 0.05) is 26.2 Å². The number of nitrogens with one attached hydrogen (secondary N) is 1. The van der Waals surface area contributed by atoms with Crippen LogP contribution in [0.5, 0.6) is 0 Å². The first-order chi connectivity index (χ1) is 13.8. The summed E-state index contributed by atoms with van der Waals surface area (Å²) in [7, 11) is 0. The van der Waals surface area contributed by atoms with E-state index in [2.05, 4.69) is 5.32 Å². The van der Waals surface area contributed by atoms with Gasteiger partial charge in [-0.15, -0.1) is 0 Å². The maximum absolute atomic E-state index is 10.5. The summed E-state index contributed by atoms with van der Waals surface area (Å²) in [6, 6.07) is 0. The molecule has 13 heteroatoms. The minimum absolute atomic E-state index is 0.0609. The number of nitrogens with two attached hydrogens (primary N) is 1. The number of hydrogen-bond donors (Lipinski definition) is 10. The van der Waals surface area contributed by atoms with Crippen LogP contribution in [0.3, 0.4) is 0 Å². The molecule has 2 aliphatic heterocycles. The fraction of sp³-hybridized carbons (Fsp3) is 1.00. The second kappa shape index (κ2) is 11.2. The number of aliphatic hydroxyl groups excluding tert-OH is 8. The van der Waals surface area contributed by atoms with Crippen LogP contribution >= 0.6 is 0 Å². The van der Waals surface area contributed by atoms with Gasteiger partial charge in [0.1, 0.15) is 61.3 Å². The van der Waals surface area contributed by atoms with Crippen molar-refractivity contribution in [3.05, 3.63) is 0 Å². The highest BCUT2D eigenvalue weighted by atomic mass is 16.6. The molecule has 0 aliphatic carbocycles. The number of nitrogens with zero attached hydrogens (tertiary/aromatic N) is 1. The number of ether oxygens (including phenoxy) is 2. The molecule has 0 aromatic carbocycles. The van der Waals surface area contributed by atoms with Crippen LogP contribution in [0.1, 0.15) is 0 Å². The molecule has 29 heavy (non-hydrogen) atoms. The molecule has 172 valence electrons. The average Bonchev–Trinajstić information content (AvgIpc) is 2.72. The Morgan fingerprint density at radius 1 is 0.690 bits per heavy atom. The second-order valence-corrected chi connectivity index (χ2v) is 7.22. The highest BCUT2D eigenvalue weighted by Crippen LogP contribution is 2.30. The molecule has 2 heterocycles. The predicted molar refractivity (Wildman–Crippen MR) is 96.2 cm³/mol. The molecule has 0 amide bonds. The number of hydrogen-bond acceptors (Lipinski definition) is 13. The Morgan fingerprint density at radius 2 is 1.14 bits per heavy atom. The lowest BCUT2D eigenvalue weighted by Gasteiger charge is -2.50. The van der Waals surface area contributed by atoms with Crippen LogP contribution in [0.4, 0.5) is 0 Å². The topological polar surface area (TPSA) is 222 Å². The average molecular weight is 427 g/mol. The van der Waals surface area contributed by atoms with E-state index in [0.29, 0.717) is 13.1 Å². The lowest BCUT2D eigenvalue weighted by Crippen LogP contribution is -2.70. The summed E-state index contributed by atoms with van der Waals surface area (Å²) in [6.07, 6.45) is -14.8. The van der Waals surface area contributed by atoms with Gasteiger partial charge in [0.05, 0.1) is 13.2 Å². The first-order valence-electron chi connectivity index (χ1n) is 9.56. The largest absolute Gasteiger partial charge is 0.394 e. The molecule has 2 aliphatic rings. The van der Waals surface area contributed by atoms with E-state index < -0.39 is 74.5 Å². The van der Waals surface area contributed by atoms with E-state index in [1.165, 1.54) is 4.90 Å². The lowest BCUT2D eigenvalue weighted by atomic mass is 9.95. The van der Waals surface area contributed by atoms with Crippen molar-refractivity contribution in [1.29, 1.82) is 0 Å². The molecule has 0 radical (unpaired) electrons. The van der Waals surface area contributed by atoms with Crippen molar-refractivity contribution in [3.8, 4) is 0 Å². The molecular formula is C16H33N3O10. The van der Waals surface area contributed by atoms with E-state index in [1.54, 1.807) is 0 Å². The van der Waals surface area contributed by atoms with Gasteiger partial charge in [-0.1, -0.05) is 0 Å². The maximum Gasteiger partial charge on any atom is 0.142 e. The molecule has 0 aromatic heterocycles. The molecule has 2 fully saturated rings. The first kappa shape index (κ1) is 24.7. The van der Waals surface area contributed by atoms with Crippen LogP contribution < -0.4 is 11.1 Å². The van der Waals surface area contributed by atoms with Crippen LogP contribution in [-0.2, 0) is 9.47 Å². The highest BCUT2D eigenvalue weighted by molar-refractivity contribution is 4.97. The Labute approximate surface area is 167 Å². The van der Waals surface area contributed by atoms with Crippen molar-refractivity contribution < 1.29 is 50.3 Å². The Bertz CT molecular complexity index is 452. The third-order valence-electron chi connectivity index (χ3n) is 5.26. The summed E-state index contributed by atoms with van der Waals surface area (Å²) in [5.74, 6) is 0. The number of aliphatic hydroxyl groups is 8. The van der Waals surface area contributed by atoms with Gasteiger partial charge in [0.2, 0.25) is 0 Å². The molecule has 10 atom stereocenters.